The minimum absolute atomic E-state index is 0.732. The summed E-state index contributed by atoms with van der Waals surface area (Å²) in [6, 6.07) is 12.1. The van der Waals surface area contributed by atoms with Crippen molar-refractivity contribution in [1.29, 1.82) is 0 Å². The molecular formula is C15H11Br2Cl. The van der Waals surface area contributed by atoms with Gasteiger partial charge in [-0.25, -0.2) is 0 Å². The van der Waals surface area contributed by atoms with Gasteiger partial charge in [0.25, 0.3) is 0 Å². The van der Waals surface area contributed by atoms with E-state index in [4.69, 9.17) is 11.6 Å². The van der Waals surface area contributed by atoms with Gasteiger partial charge in [-0.1, -0.05) is 73.8 Å². The van der Waals surface area contributed by atoms with Crippen LogP contribution in [0.4, 0.5) is 0 Å². The van der Waals surface area contributed by atoms with E-state index in [1.165, 1.54) is 5.56 Å². The molecule has 0 aromatic heterocycles. The Labute approximate surface area is 129 Å². The molecule has 18 heavy (non-hydrogen) atoms. The minimum atomic E-state index is 0.732. The van der Waals surface area contributed by atoms with Crippen molar-refractivity contribution >= 4 is 55.6 Å². The van der Waals surface area contributed by atoms with Crippen LogP contribution in [-0.2, 0) is 0 Å². The van der Waals surface area contributed by atoms with Crippen molar-refractivity contribution in [3.8, 4) is 0 Å². The van der Waals surface area contributed by atoms with E-state index in [1.807, 2.05) is 18.2 Å². The molecule has 0 fully saturated rings. The second-order valence-electron chi connectivity index (χ2n) is 4.02. The molecule has 0 unspecified atom stereocenters. The van der Waals surface area contributed by atoms with E-state index in [1.54, 1.807) is 0 Å². The lowest BCUT2D eigenvalue weighted by atomic mass is 10.1. The average Bonchev–Trinajstić information content (AvgIpc) is 2.30. The van der Waals surface area contributed by atoms with Gasteiger partial charge < -0.3 is 0 Å². The topological polar surface area (TPSA) is 0 Å². The smallest absolute Gasteiger partial charge is 0.0417 e. The first-order valence-corrected chi connectivity index (χ1v) is 7.42. The van der Waals surface area contributed by atoms with Crippen LogP contribution >= 0.6 is 43.5 Å². The summed E-state index contributed by atoms with van der Waals surface area (Å²) >= 11 is 13.0. The lowest BCUT2D eigenvalue weighted by Gasteiger charge is -2.02. The predicted molar refractivity (Wildman–Crippen MR) is 87.0 cm³/mol. The average molecular weight is 387 g/mol. The van der Waals surface area contributed by atoms with Crippen LogP contribution in [0.1, 0.15) is 16.7 Å². The molecule has 0 amide bonds. The van der Waals surface area contributed by atoms with Crippen LogP contribution in [-0.4, -0.2) is 0 Å². The van der Waals surface area contributed by atoms with Crippen LogP contribution in [0.25, 0.3) is 12.2 Å². The van der Waals surface area contributed by atoms with Crippen LogP contribution in [0.5, 0.6) is 0 Å². The Morgan fingerprint density at radius 3 is 2.00 bits per heavy atom. The molecule has 0 saturated heterocycles. The highest BCUT2D eigenvalue weighted by molar-refractivity contribution is 9.10. The molecule has 2 aromatic rings. The standard InChI is InChI=1S/C15H11Br2Cl/c1-10-2-3-11(14(16)8-10)4-5-12-6-7-13(18)9-15(12)17/h2-9H,1H3/b5-4-. The second-order valence-corrected chi connectivity index (χ2v) is 6.17. The molecule has 0 aliphatic heterocycles. The molecule has 0 spiro atoms. The molecule has 0 N–H and O–H groups in total. The van der Waals surface area contributed by atoms with E-state index < -0.39 is 0 Å². The Hall–Kier alpha value is -0.570. The molecule has 0 heterocycles. The first-order chi connectivity index (χ1) is 8.56. The van der Waals surface area contributed by atoms with E-state index in [2.05, 4.69) is 69.1 Å². The molecule has 0 radical (unpaired) electrons. The van der Waals surface area contributed by atoms with Crippen LogP contribution in [0.15, 0.2) is 45.3 Å². The first kappa shape index (κ1) is 13.9. The largest absolute Gasteiger partial charge is 0.0843 e. The molecule has 92 valence electrons. The highest BCUT2D eigenvalue weighted by Gasteiger charge is 1.99. The van der Waals surface area contributed by atoms with Crippen molar-refractivity contribution in [3.05, 3.63) is 67.1 Å². The van der Waals surface area contributed by atoms with Crippen LogP contribution in [0, 0.1) is 6.92 Å². The van der Waals surface area contributed by atoms with Crippen molar-refractivity contribution in [3.63, 3.8) is 0 Å². The van der Waals surface area contributed by atoms with Gasteiger partial charge in [-0.3, -0.25) is 0 Å². The number of halogens is 3. The maximum absolute atomic E-state index is 5.92. The number of aryl methyl sites for hydroxylation is 1. The van der Waals surface area contributed by atoms with Crippen LogP contribution in [0.3, 0.4) is 0 Å². The van der Waals surface area contributed by atoms with E-state index in [0.29, 0.717) is 0 Å². The van der Waals surface area contributed by atoms with Crippen molar-refractivity contribution in [2.24, 2.45) is 0 Å². The molecule has 2 rings (SSSR count). The van der Waals surface area contributed by atoms with E-state index in [-0.39, 0.29) is 0 Å². The molecule has 0 aliphatic carbocycles. The Bertz CT molecular complexity index is 550. The lowest BCUT2D eigenvalue weighted by Crippen LogP contribution is -1.79. The summed E-state index contributed by atoms with van der Waals surface area (Å²) in [4.78, 5) is 0. The summed E-state index contributed by atoms with van der Waals surface area (Å²) in [7, 11) is 0. The van der Waals surface area contributed by atoms with Gasteiger partial charge >= 0.3 is 0 Å². The zero-order chi connectivity index (χ0) is 13.1. The van der Waals surface area contributed by atoms with Crippen molar-refractivity contribution in [1.82, 2.24) is 0 Å². The summed E-state index contributed by atoms with van der Waals surface area (Å²) in [5.41, 5.74) is 3.50. The Balaban J connectivity index is 2.30. The van der Waals surface area contributed by atoms with Crippen LogP contribution < -0.4 is 0 Å². The number of benzene rings is 2. The van der Waals surface area contributed by atoms with E-state index in [9.17, 15) is 0 Å². The summed E-state index contributed by atoms with van der Waals surface area (Å²) in [5.74, 6) is 0. The van der Waals surface area contributed by atoms with Gasteiger partial charge in [0, 0.05) is 14.0 Å². The second kappa shape index (κ2) is 6.05. The first-order valence-electron chi connectivity index (χ1n) is 5.45. The van der Waals surface area contributed by atoms with Gasteiger partial charge in [-0.05, 0) is 41.8 Å². The zero-order valence-electron chi connectivity index (χ0n) is 9.75. The highest BCUT2D eigenvalue weighted by Crippen LogP contribution is 2.25. The molecule has 0 atom stereocenters. The van der Waals surface area contributed by atoms with Gasteiger partial charge in [0.1, 0.15) is 0 Å². The van der Waals surface area contributed by atoms with Gasteiger partial charge in [0.15, 0.2) is 0 Å². The van der Waals surface area contributed by atoms with Crippen molar-refractivity contribution in [2.45, 2.75) is 6.92 Å². The Morgan fingerprint density at radius 2 is 1.44 bits per heavy atom. The highest BCUT2D eigenvalue weighted by atomic mass is 79.9. The summed E-state index contributed by atoms with van der Waals surface area (Å²) in [6.45, 7) is 2.08. The van der Waals surface area contributed by atoms with Crippen molar-refractivity contribution < 1.29 is 0 Å². The molecule has 3 heteroatoms. The fourth-order valence-corrected chi connectivity index (χ4v) is 3.02. The molecule has 0 saturated carbocycles. The van der Waals surface area contributed by atoms with Gasteiger partial charge in [0.2, 0.25) is 0 Å². The normalized spacial score (nSPS) is 11.1. The number of rotatable bonds is 2. The van der Waals surface area contributed by atoms with Gasteiger partial charge in [-0.15, -0.1) is 0 Å². The summed E-state index contributed by atoms with van der Waals surface area (Å²) in [6.07, 6.45) is 4.15. The quantitative estimate of drug-likeness (QED) is 0.528. The number of hydrogen-bond acceptors (Lipinski definition) is 0. The van der Waals surface area contributed by atoms with Gasteiger partial charge in [0.05, 0.1) is 0 Å². The maximum Gasteiger partial charge on any atom is 0.0417 e. The molecule has 2 aromatic carbocycles. The fourth-order valence-electron chi connectivity index (χ4n) is 1.58. The number of hydrogen-bond donors (Lipinski definition) is 0. The van der Waals surface area contributed by atoms with E-state index >= 15 is 0 Å². The maximum atomic E-state index is 5.92. The lowest BCUT2D eigenvalue weighted by molar-refractivity contribution is 1.44. The summed E-state index contributed by atoms with van der Waals surface area (Å²) in [5, 5.41) is 0.732. The SMILES string of the molecule is Cc1ccc(/C=C\c2ccc(Cl)cc2Br)c(Br)c1. The fraction of sp³-hybridized carbons (Fsp3) is 0.0667. The third-order valence-electron chi connectivity index (χ3n) is 2.56. The monoisotopic (exact) mass is 384 g/mol. The zero-order valence-corrected chi connectivity index (χ0v) is 13.7. The van der Waals surface area contributed by atoms with Crippen molar-refractivity contribution in [2.75, 3.05) is 0 Å². The third-order valence-corrected chi connectivity index (χ3v) is 4.17. The molecule has 0 nitrogen and oxygen atoms in total. The van der Waals surface area contributed by atoms with E-state index in [0.717, 1.165) is 25.1 Å². The Kier molecular flexibility index (Phi) is 4.66. The molecular weight excluding hydrogens is 375 g/mol. The molecule has 0 bridgehead atoms. The predicted octanol–water partition coefficient (Wildman–Crippen LogP) is 6.34. The van der Waals surface area contributed by atoms with Gasteiger partial charge in [-0.2, -0.15) is 0 Å². The molecule has 0 aliphatic rings. The third kappa shape index (κ3) is 3.47. The van der Waals surface area contributed by atoms with Crippen LogP contribution in [0.2, 0.25) is 5.02 Å². The minimum Gasteiger partial charge on any atom is -0.0843 e. The summed E-state index contributed by atoms with van der Waals surface area (Å²) < 4.78 is 2.10. The Morgan fingerprint density at radius 1 is 0.889 bits per heavy atom.